The summed E-state index contributed by atoms with van der Waals surface area (Å²) in [7, 11) is 0. The Hall–Kier alpha value is -3.06. The van der Waals surface area contributed by atoms with Crippen LogP contribution in [0, 0.1) is 11.7 Å². The molecule has 0 spiro atoms. The number of Topliss-reactive ketones (excluding diaryl/α,β-unsaturated/α-hetero) is 1. The number of hydrogen-bond donors (Lipinski definition) is 1. The minimum absolute atomic E-state index is 0.0246. The summed E-state index contributed by atoms with van der Waals surface area (Å²) in [5, 5.41) is 0. The molecule has 1 saturated heterocycles. The van der Waals surface area contributed by atoms with Gasteiger partial charge in [0, 0.05) is 30.1 Å². The lowest BCUT2D eigenvalue weighted by molar-refractivity contribution is -0.120. The molecule has 2 aromatic carbocycles. The molecule has 7 heteroatoms. The first-order chi connectivity index (χ1) is 14.4. The molecule has 1 fully saturated rings. The molecule has 6 nitrogen and oxygen atoms in total. The first kappa shape index (κ1) is 21.6. The molecule has 1 aliphatic rings. The summed E-state index contributed by atoms with van der Waals surface area (Å²) in [6.07, 6.45) is 1.41. The van der Waals surface area contributed by atoms with Gasteiger partial charge in [-0.25, -0.2) is 4.39 Å². The third-order valence-electron chi connectivity index (χ3n) is 5.40. The van der Waals surface area contributed by atoms with Crippen LogP contribution >= 0.6 is 0 Å². The fourth-order valence-electron chi connectivity index (χ4n) is 3.71. The fourth-order valence-corrected chi connectivity index (χ4v) is 3.71. The monoisotopic (exact) mass is 411 g/mol. The average molecular weight is 411 g/mol. The Morgan fingerprint density at radius 3 is 2.23 bits per heavy atom. The van der Waals surface area contributed by atoms with E-state index in [0.29, 0.717) is 31.6 Å². The van der Waals surface area contributed by atoms with E-state index in [9.17, 15) is 18.8 Å². The molecule has 158 valence electrons. The zero-order valence-electron chi connectivity index (χ0n) is 16.8. The number of anilines is 1. The molecular formula is C23H26FN3O3. The largest absolute Gasteiger partial charge is 0.370 e. The van der Waals surface area contributed by atoms with Crippen LogP contribution in [0.4, 0.5) is 10.1 Å². The normalized spacial score (nSPS) is 15.0. The number of piperidine rings is 1. The van der Waals surface area contributed by atoms with Gasteiger partial charge in [0.25, 0.3) is 0 Å². The predicted molar refractivity (Wildman–Crippen MR) is 113 cm³/mol. The molecule has 0 aromatic heterocycles. The van der Waals surface area contributed by atoms with Crippen molar-refractivity contribution in [2.24, 2.45) is 11.7 Å². The van der Waals surface area contributed by atoms with Crippen LogP contribution in [0.25, 0.3) is 0 Å². The van der Waals surface area contributed by atoms with Crippen molar-refractivity contribution >= 4 is 23.3 Å². The maximum Gasteiger partial charge on any atom is 0.241 e. The SMILES string of the molecule is NC(=O)CCN(C(=O)CN1CCC(C(=O)c2ccccc2)CC1)c1ccc(F)cc1. The topological polar surface area (TPSA) is 83.7 Å². The summed E-state index contributed by atoms with van der Waals surface area (Å²) in [6.45, 7) is 1.59. The Balaban J connectivity index is 1.59. The molecular weight excluding hydrogens is 385 g/mol. The molecule has 0 unspecified atom stereocenters. The highest BCUT2D eigenvalue weighted by molar-refractivity contribution is 5.98. The summed E-state index contributed by atoms with van der Waals surface area (Å²) in [6, 6.07) is 14.8. The highest BCUT2D eigenvalue weighted by Gasteiger charge is 2.28. The molecule has 3 rings (SSSR count). The standard InChI is InChI=1S/C23H26FN3O3/c24-19-6-8-20(9-7-19)27(15-12-21(25)28)22(29)16-26-13-10-18(11-14-26)23(30)17-4-2-1-3-5-17/h1-9,18H,10-16H2,(H2,25,28). The van der Waals surface area contributed by atoms with Gasteiger partial charge in [0.05, 0.1) is 6.54 Å². The van der Waals surface area contributed by atoms with E-state index in [2.05, 4.69) is 0 Å². The second-order valence-electron chi connectivity index (χ2n) is 7.52. The molecule has 0 saturated carbocycles. The van der Waals surface area contributed by atoms with Gasteiger partial charge in [-0.1, -0.05) is 30.3 Å². The van der Waals surface area contributed by atoms with Crippen molar-refractivity contribution < 1.29 is 18.8 Å². The quantitative estimate of drug-likeness (QED) is 0.677. The minimum Gasteiger partial charge on any atom is -0.370 e. The number of likely N-dealkylation sites (tertiary alicyclic amines) is 1. The van der Waals surface area contributed by atoms with E-state index < -0.39 is 11.7 Å². The molecule has 0 bridgehead atoms. The van der Waals surface area contributed by atoms with Gasteiger partial charge in [0.2, 0.25) is 11.8 Å². The van der Waals surface area contributed by atoms with Gasteiger partial charge in [0.15, 0.2) is 5.78 Å². The number of ketones is 1. The molecule has 1 heterocycles. The van der Waals surface area contributed by atoms with Crippen LogP contribution in [-0.2, 0) is 9.59 Å². The number of carbonyl (C=O) groups excluding carboxylic acids is 3. The van der Waals surface area contributed by atoms with Crippen molar-refractivity contribution in [1.29, 1.82) is 0 Å². The number of benzene rings is 2. The smallest absolute Gasteiger partial charge is 0.241 e. The number of primary amides is 1. The number of amides is 2. The van der Waals surface area contributed by atoms with Crippen molar-refractivity contribution in [3.8, 4) is 0 Å². The van der Waals surface area contributed by atoms with Gasteiger partial charge in [-0.05, 0) is 50.2 Å². The summed E-state index contributed by atoms with van der Waals surface area (Å²) in [5.74, 6) is -0.977. The van der Waals surface area contributed by atoms with Gasteiger partial charge in [-0.3, -0.25) is 19.3 Å². The fraction of sp³-hybridized carbons (Fsp3) is 0.348. The molecule has 2 amide bonds. The van der Waals surface area contributed by atoms with Gasteiger partial charge < -0.3 is 10.6 Å². The Bertz CT molecular complexity index is 878. The van der Waals surface area contributed by atoms with Crippen molar-refractivity contribution in [3.05, 3.63) is 66.0 Å². The lowest BCUT2D eigenvalue weighted by atomic mass is 9.89. The molecule has 0 aliphatic carbocycles. The van der Waals surface area contributed by atoms with E-state index in [1.54, 1.807) is 0 Å². The van der Waals surface area contributed by atoms with E-state index in [4.69, 9.17) is 5.73 Å². The molecule has 2 N–H and O–H groups in total. The lowest BCUT2D eigenvalue weighted by Crippen LogP contribution is -2.45. The highest BCUT2D eigenvalue weighted by atomic mass is 19.1. The van der Waals surface area contributed by atoms with Gasteiger partial charge >= 0.3 is 0 Å². The summed E-state index contributed by atoms with van der Waals surface area (Å²) in [4.78, 5) is 40.2. The molecule has 0 radical (unpaired) electrons. The first-order valence-electron chi connectivity index (χ1n) is 10.1. The Morgan fingerprint density at radius 2 is 1.63 bits per heavy atom. The number of rotatable bonds is 8. The second-order valence-corrected chi connectivity index (χ2v) is 7.52. The second kappa shape index (κ2) is 10.1. The highest BCUT2D eigenvalue weighted by Crippen LogP contribution is 2.22. The maximum absolute atomic E-state index is 13.2. The van der Waals surface area contributed by atoms with E-state index in [1.807, 2.05) is 35.2 Å². The van der Waals surface area contributed by atoms with Gasteiger partial charge in [0.1, 0.15) is 5.82 Å². The lowest BCUT2D eigenvalue weighted by Gasteiger charge is -2.32. The van der Waals surface area contributed by atoms with Crippen molar-refractivity contribution in [3.63, 3.8) is 0 Å². The number of carbonyl (C=O) groups is 3. The first-order valence-corrected chi connectivity index (χ1v) is 10.1. The van der Waals surface area contributed by atoms with Crippen LogP contribution in [0.15, 0.2) is 54.6 Å². The van der Waals surface area contributed by atoms with E-state index in [0.717, 1.165) is 5.56 Å². The van der Waals surface area contributed by atoms with Crippen molar-refractivity contribution in [1.82, 2.24) is 4.90 Å². The summed E-state index contributed by atoms with van der Waals surface area (Å²) in [5.41, 5.74) is 6.49. The van der Waals surface area contributed by atoms with E-state index >= 15 is 0 Å². The van der Waals surface area contributed by atoms with Crippen LogP contribution in [-0.4, -0.2) is 48.7 Å². The molecule has 0 atom stereocenters. The number of nitrogens with two attached hydrogens (primary N) is 1. The maximum atomic E-state index is 13.2. The van der Waals surface area contributed by atoms with Crippen LogP contribution in [0.2, 0.25) is 0 Å². The third-order valence-corrected chi connectivity index (χ3v) is 5.40. The predicted octanol–water partition coefficient (Wildman–Crippen LogP) is 2.63. The average Bonchev–Trinajstić information content (AvgIpc) is 2.75. The van der Waals surface area contributed by atoms with Crippen LogP contribution < -0.4 is 10.6 Å². The number of hydrogen-bond acceptors (Lipinski definition) is 4. The van der Waals surface area contributed by atoms with Crippen molar-refractivity contribution in [2.75, 3.05) is 31.1 Å². The Labute approximate surface area is 175 Å². The van der Waals surface area contributed by atoms with Gasteiger partial charge in [-0.2, -0.15) is 0 Å². The van der Waals surface area contributed by atoms with E-state index in [1.165, 1.54) is 29.2 Å². The van der Waals surface area contributed by atoms with E-state index in [-0.39, 0.29) is 37.1 Å². The number of nitrogens with zero attached hydrogens (tertiary/aromatic N) is 2. The van der Waals surface area contributed by atoms with Crippen LogP contribution in [0.3, 0.4) is 0 Å². The molecule has 30 heavy (non-hydrogen) atoms. The zero-order chi connectivity index (χ0) is 21.5. The van der Waals surface area contributed by atoms with Gasteiger partial charge in [-0.15, -0.1) is 0 Å². The third kappa shape index (κ3) is 5.73. The molecule has 2 aromatic rings. The Kier molecular flexibility index (Phi) is 7.30. The Morgan fingerprint density at radius 1 is 1.00 bits per heavy atom. The summed E-state index contributed by atoms with van der Waals surface area (Å²) < 4.78 is 13.2. The zero-order valence-corrected chi connectivity index (χ0v) is 16.8. The van der Waals surface area contributed by atoms with Crippen LogP contribution in [0.5, 0.6) is 0 Å². The van der Waals surface area contributed by atoms with Crippen molar-refractivity contribution in [2.45, 2.75) is 19.3 Å². The minimum atomic E-state index is -0.504. The number of halogens is 1. The van der Waals surface area contributed by atoms with Crippen LogP contribution in [0.1, 0.15) is 29.6 Å². The molecule has 1 aliphatic heterocycles. The summed E-state index contributed by atoms with van der Waals surface area (Å²) >= 11 is 0.